The second-order valence-electron chi connectivity index (χ2n) is 8.30. The second kappa shape index (κ2) is 12.0. The summed E-state index contributed by atoms with van der Waals surface area (Å²) in [5.74, 6) is 0.297. The van der Waals surface area contributed by atoms with Crippen LogP contribution in [0, 0.1) is 6.92 Å². The lowest BCUT2D eigenvalue weighted by Crippen LogP contribution is -2.36. The van der Waals surface area contributed by atoms with E-state index in [0.29, 0.717) is 22.8 Å². The average Bonchev–Trinajstić information content (AvgIpc) is 2.89. The molecular weight excluding hydrogens is 478 g/mol. The zero-order valence-electron chi connectivity index (χ0n) is 21.5. The minimum atomic E-state index is -0.838. The standard InChI is InChI=1S/C27H31N3O7/c1-6-37-24(32)15-22(28-27(34)29-25-23(31)10-16(2)30(3)26(25)33)19-11-18(13-21(14-19)36-5)17-8-7-9-20(12-17)35-4/h7-14,22,31H,6,15H2,1-5H3,(H2,28,29,34). The molecule has 1 heterocycles. The Hall–Kier alpha value is -4.47. The molecule has 10 nitrogen and oxygen atoms in total. The van der Waals surface area contributed by atoms with Crippen molar-refractivity contribution < 1.29 is 28.9 Å². The van der Waals surface area contributed by atoms with Gasteiger partial charge in [0.05, 0.1) is 33.3 Å². The largest absolute Gasteiger partial charge is 0.505 e. The van der Waals surface area contributed by atoms with E-state index in [1.165, 1.54) is 24.8 Å². The normalized spacial score (nSPS) is 11.4. The Labute approximate surface area is 214 Å². The summed E-state index contributed by atoms with van der Waals surface area (Å²) in [5.41, 5.74) is 1.86. The summed E-state index contributed by atoms with van der Waals surface area (Å²) < 4.78 is 17.2. The maximum absolute atomic E-state index is 12.9. The van der Waals surface area contributed by atoms with Gasteiger partial charge in [-0.15, -0.1) is 0 Å². The fourth-order valence-corrected chi connectivity index (χ4v) is 3.78. The van der Waals surface area contributed by atoms with E-state index >= 15 is 0 Å². The molecule has 10 heteroatoms. The lowest BCUT2D eigenvalue weighted by Gasteiger charge is -2.21. The summed E-state index contributed by atoms with van der Waals surface area (Å²) in [4.78, 5) is 37.9. The number of esters is 1. The first-order chi connectivity index (χ1) is 17.7. The Morgan fingerprint density at radius 2 is 1.73 bits per heavy atom. The molecule has 0 spiro atoms. The number of nitrogens with zero attached hydrogens (tertiary/aromatic N) is 1. The van der Waals surface area contributed by atoms with Gasteiger partial charge in [-0.3, -0.25) is 9.59 Å². The van der Waals surface area contributed by atoms with Crippen LogP contribution < -0.4 is 25.7 Å². The van der Waals surface area contributed by atoms with Crippen molar-refractivity contribution in [2.75, 3.05) is 26.1 Å². The Kier molecular flexibility index (Phi) is 8.78. The third kappa shape index (κ3) is 6.60. The molecule has 1 atom stereocenters. The van der Waals surface area contributed by atoms with Crippen LogP contribution in [0.4, 0.5) is 10.5 Å². The highest BCUT2D eigenvalue weighted by Gasteiger charge is 2.23. The van der Waals surface area contributed by atoms with Crippen LogP contribution in [0.3, 0.4) is 0 Å². The summed E-state index contributed by atoms with van der Waals surface area (Å²) in [5, 5.41) is 15.4. The highest BCUT2D eigenvalue weighted by molar-refractivity contribution is 5.91. The zero-order chi connectivity index (χ0) is 27.1. The predicted octanol–water partition coefficient (Wildman–Crippen LogP) is 3.90. The Morgan fingerprint density at radius 1 is 1.03 bits per heavy atom. The number of urea groups is 1. The molecule has 0 fully saturated rings. The Bertz CT molecular complexity index is 1350. The number of hydrogen-bond donors (Lipinski definition) is 3. The Morgan fingerprint density at radius 3 is 2.41 bits per heavy atom. The highest BCUT2D eigenvalue weighted by Crippen LogP contribution is 2.32. The summed E-state index contributed by atoms with van der Waals surface area (Å²) in [6, 6.07) is 12.5. The van der Waals surface area contributed by atoms with Gasteiger partial charge in [0, 0.05) is 18.8 Å². The third-order valence-corrected chi connectivity index (χ3v) is 5.84. The first kappa shape index (κ1) is 27.1. The molecule has 37 heavy (non-hydrogen) atoms. The molecule has 3 rings (SSSR count). The SMILES string of the molecule is CCOC(=O)CC(NC(=O)Nc1c(O)cc(C)n(C)c1=O)c1cc(OC)cc(-c2cccc(OC)c2)c1. The third-order valence-electron chi connectivity index (χ3n) is 5.84. The van der Waals surface area contributed by atoms with Crippen LogP contribution >= 0.6 is 0 Å². The first-order valence-corrected chi connectivity index (χ1v) is 11.6. The number of nitrogens with one attached hydrogen (secondary N) is 2. The van der Waals surface area contributed by atoms with Gasteiger partial charge in [-0.05, 0) is 60.9 Å². The topological polar surface area (TPSA) is 128 Å². The molecule has 0 aliphatic heterocycles. The number of carbonyl (C=O) groups is 2. The van der Waals surface area contributed by atoms with E-state index in [0.717, 1.165) is 11.1 Å². The fourth-order valence-electron chi connectivity index (χ4n) is 3.78. The molecule has 3 N–H and O–H groups in total. The molecule has 0 saturated heterocycles. The molecular formula is C27H31N3O7. The quantitative estimate of drug-likeness (QED) is 0.373. The molecule has 0 aliphatic carbocycles. The number of benzene rings is 2. The van der Waals surface area contributed by atoms with Crippen molar-refractivity contribution in [1.29, 1.82) is 0 Å². The van der Waals surface area contributed by atoms with E-state index in [2.05, 4.69) is 10.6 Å². The van der Waals surface area contributed by atoms with Gasteiger partial charge >= 0.3 is 12.0 Å². The summed E-state index contributed by atoms with van der Waals surface area (Å²) >= 11 is 0. The molecule has 2 amide bonds. The van der Waals surface area contributed by atoms with Crippen LogP contribution in [-0.4, -0.2) is 42.5 Å². The van der Waals surface area contributed by atoms with Gasteiger partial charge in [0.2, 0.25) is 0 Å². The molecule has 1 aromatic heterocycles. The molecule has 3 aromatic rings. The van der Waals surface area contributed by atoms with Crippen LogP contribution in [0.1, 0.15) is 30.6 Å². The van der Waals surface area contributed by atoms with Crippen molar-refractivity contribution in [3.63, 3.8) is 0 Å². The summed E-state index contributed by atoms with van der Waals surface area (Å²) in [6.45, 7) is 3.52. The van der Waals surface area contributed by atoms with Gasteiger partial charge in [-0.2, -0.15) is 0 Å². The number of methoxy groups -OCH3 is 2. The number of amides is 2. The number of aryl methyl sites for hydroxylation is 1. The number of rotatable bonds is 9. The number of aromatic hydroxyl groups is 1. The number of ether oxygens (including phenoxy) is 3. The zero-order valence-corrected chi connectivity index (χ0v) is 21.5. The monoisotopic (exact) mass is 509 g/mol. The molecule has 2 aromatic carbocycles. The van der Waals surface area contributed by atoms with Gasteiger partial charge in [0.1, 0.15) is 17.2 Å². The summed E-state index contributed by atoms with van der Waals surface area (Å²) in [7, 11) is 4.62. The van der Waals surface area contributed by atoms with Crippen molar-refractivity contribution in [2.24, 2.45) is 7.05 Å². The lowest BCUT2D eigenvalue weighted by atomic mass is 9.97. The van der Waals surface area contributed by atoms with E-state index in [1.54, 1.807) is 27.0 Å². The first-order valence-electron chi connectivity index (χ1n) is 11.6. The predicted molar refractivity (Wildman–Crippen MR) is 139 cm³/mol. The van der Waals surface area contributed by atoms with E-state index in [9.17, 15) is 19.5 Å². The Balaban J connectivity index is 1.98. The van der Waals surface area contributed by atoms with E-state index < -0.39 is 23.6 Å². The molecule has 1 unspecified atom stereocenters. The second-order valence-corrected chi connectivity index (χ2v) is 8.30. The van der Waals surface area contributed by atoms with Gasteiger partial charge in [0.25, 0.3) is 5.56 Å². The molecule has 0 aliphatic rings. The van der Waals surface area contributed by atoms with E-state index in [4.69, 9.17) is 14.2 Å². The van der Waals surface area contributed by atoms with Crippen LogP contribution in [-0.2, 0) is 16.6 Å². The van der Waals surface area contributed by atoms with Gasteiger partial charge in [0.15, 0.2) is 5.69 Å². The van der Waals surface area contributed by atoms with Crippen molar-refractivity contribution in [2.45, 2.75) is 26.3 Å². The number of carbonyl (C=O) groups excluding carboxylic acids is 2. The van der Waals surface area contributed by atoms with Crippen LogP contribution in [0.15, 0.2) is 53.3 Å². The molecule has 0 saturated carbocycles. The number of aromatic nitrogens is 1. The summed E-state index contributed by atoms with van der Waals surface area (Å²) in [6.07, 6.45) is -0.177. The fraction of sp³-hybridized carbons (Fsp3) is 0.296. The van der Waals surface area contributed by atoms with Crippen molar-refractivity contribution in [3.05, 3.63) is 70.1 Å². The minimum Gasteiger partial charge on any atom is -0.505 e. The van der Waals surface area contributed by atoms with Crippen molar-refractivity contribution in [1.82, 2.24) is 9.88 Å². The van der Waals surface area contributed by atoms with Gasteiger partial charge in [-0.1, -0.05) is 12.1 Å². The molecule has 196 valence electrons. The van der Waals surface area contributed by atoms with Crippen LogP contribution in [0.5, 0.6) is 17.2 Å². The van der Waals surface area contributed by atoms with Crippen LogP contribution in [0.25, 0.3) is 11.1 Å². The van der Waals surface area contributed by atoms with E-state index in [-0.39, 0.29) is 24.5 Å². The number of hydrogen-bond acceptors (Lipinski definition) is 7. The lowest BCUT2D eigenvalue weighted by molar-refractivity contribution is -0.143. The maximum atomic E-state index is 12.9. The average molecular weight is 510 g/mol. The van der Waals surface area contributed by atoms with Gasteiger partial charge < -0.3 is 34.5 Å². The number of anilines is 1. The maximum Gasteiger partial charge on any atom is 0.319 e. The van der Waals surface area contributed by atoms with Crippen molar-refractivity contribution in [3.8, 4) is 28.4 Å². The van der Waals surface area contributed by atoms with Gasteiger partial charge in [-0.25, -0.2) is 4.79 Å². The molecule has 0 bridgehead atoms. The minimum absolute atomic E-state index is 0.177. The number of pyridine rings is 1. The van der Waals surface area contributed by atoms with E-state index in [1.807, 2.05) is 36.4 Å². The molecule has 0 radical (unpaired) electrons. The smallest absolute Gasteiger partial charge is 0.319 e. The van der Waals surface area contributed by atoms with Crippen LogP contribution in [0.2, 0.25) is 0 Å². The van der Waals surface area contributed by atoms with Crippen molar-refractivity contribution >= 4 is 17.7 Å². The highest BCUT2D eigenvalue weighted by atomic mass is 16.5.